The van der Waals surface area contributed by atoms with Gasteiger partial charge < -0.3 is 5.73 Å². The number of nitrogens with zero attached hydrogens (tertiary/aromatic N) is 1. The molecule has 0 radical (unpaired) electrons. The Morgan fingerprint density at radius 1 is 1.24 bits per heavy atom. The summed E-state index contributed by atoms with van der Waals surface area (Å²) < 4.78 is 0. The second-order valence-corrected chi connectivity index (χ2v) is 7.44. The van der Waals surface area contributed by atoms with Crippen molar-refractivity contribution < 1.29 is 4.79 Å². The quantitative estimate of drug-likeness (QED) is 0.553. The van der Waals surface area contributed by atoms with Gasteiger partial charge in [-0.05, 0) is 41.9 Å². The third-order valence-electron chi connectivity index (χ3n) is 6.34. The minimum atomic E-state index is -0.536. The molecule has 0 aliphatic heterocycles. The molecule has 0 heterocycles. The summed E-state index contributed by atoms with van der Waals surface area (Å²) in [6.45, 7) is 0. The van der Waals surface area contributed by atoms with Crippen LogP contribution >= 0.6 is 15.9 Å². The van der Waals surface area contributed by atoms with Gasteiger partial charge in [0.25, 0.3) is 0 Å². The van der Waals surface area contributed by atoms with E-state index in [1.807, 2.05) is 0 Å². The number of hydrogen-bond acceptors (Lipinski definition) is 2. The first-order chi connectivity index (χ1) is 8.20. The molecule has 6 bridgehead atoms. The molecule has 0 saturated heterocycles. The van der Waals surface area contributed by atoms with Crippen molar-refractivity contribution in [3.63, 3.8) is 0 Å². The Balaban J connectivity index is 1.62. The van der Waals surface area contributed by atoms with Gasteiger partial charge in [-0.3, -0.25) is 0 Å². The van der Waals surface area contributed by atoms with Gasteiger partial charge in [0.05, 0.1) is 0 Å². The van der Waals surface area contributed by atoms with Crippen LogP contribution in [0.25, 0.3) is 0 Å². The van der Waals surface area contributed by atoms with Crippen LogP contribution in [0.3, 0.4) is 0 Å². The average molecular weight is 296 g/mol. The summed E-state index contributed by atoms with van der Waals surface area (Å²) in [4.78, 5) is 11.5. The third kappa shape index (κ3) is 0.761. The van der Waals surface area contributed by atoms with E-state index in [4.69, 9.17) is 5.73 Å². The lowest BCUT2D eigenvalue weighted by Gasteiger charge is -2.32. The fourth-order valence-electron chi connectivity index (χ4n) is 6.49. The van der Waals surface area contributed by atoms with Gasteiger partial charge in [0.1, 0.15) is 0 Å². The molecular weight excluding hydrogens is 282 g/mol. The number of alkyl halides is 1. The van der Waals surface area contributed by atoms with E-state index in [0.717, 1.165) is 35.5 Å². The summed E-state index contributed by atoms with van der Waals surface area (Å²) >= 11 is 3.93. The normalized spacial score (nSPS) is 65.7. The molecule has 0 spiro atoms. The summed E-state index contributed by atoms with van der Waals surface area (Å²) in [5.74, 6) is 6.55. The van der Waals surface area contributed by atoms with Crippen molar-refractivity contribution >= 4 is 27.7 Å². The lowest BCUT2D eigenvalue weighted by atomic mass is 9.71. The monoisotopic (exact) mass is 295 g/mol. The van der Waals surface area contributed by atoms with Crippen LogP contribution < -0.4 is 11.2 Å². The lowest BCUT2D eigenvalue weighted by Crippen LogP contribution is -2.30. The number of nitrogens with two attached hydrogens (primary N) is 1. The first kappa shape index (κ1) is 9.36. The van der Waals surface area contributed by atoms with E-state index in [1.165, 1.54) is 12.1 Å². The number of hydrogen-bond donors (Lipinski definition) is 2. The topological polar surface area (TPSA) is 67.5 Å². The first-order valence-electron chi connectivity index (χ1n) is 6.47. The van der Waals surface area contributed by atoms with Crippen molar-refractivity contribution in [1.29, 1.82) is 0 Å². The van der Waals surface area contributed by atoms with Crippen molar-refractivity contribution in [2.45, 2.75) is 11.2 Å². The van der Waals surface area contributed by atoms with E-state index < -0.39 is 6.03 Å². The van der Waals surface area contributed by atoms with Gasteiger partial charge in [-0.25, -0.2) is 10.2 Å². The van der Waals surface area contributed by atoms with E-state index in [1.54, 1.807) is 0 Å². The third-order valence-corrected chi connectivity index (χ3v) is 7.56. The molecular formula is C12H14BrN3O. The summed E-state index contributed by atoms with van der Waals surface area (Å²) in [5, 5.41) is 4.35. The van der Waals surface area contributed by atoms with E-state index in [9.17, 15) is 4.79 Å². The fraction of sp³-hybridized carbons (Fsp3) is 0.833. The Morgan fingerprint density at radius 3 is 2.71 bits per heavy atom. The standard InChI is InChI=1S/C12H14BrN3O/c13-10-6-2-1-3-4(6)9-8(10)5(2)7(3)11(9)15-16-12(14)17/h2-10H,1H2,(H3,14,16,17)/b15-11-/t2-,3-,4+,5+,6-,7+,8-,9+,10+/m1/s1. The van der Waals surface area contributed by atoms with Crippen molar-refractivity contribution in [3.05, 3.63) is 0 Å². The van der Waals surface area contributed by atoms with Gasteiger partial charge in [0, 0.05) is 22.4 Å². The second kappa shape index (κ2) is 2.56. The van der Waals surface area contributed by atoms with Gasteiger partial charge in [0.2, 0.25) is 0 Å². The van der Waals surface area contributed by atoms with E-state index in [0.29, 0.717) is 16.7 Å². The molecule has 17 heavy (non-hydrogen) atoms. The van der Waals surface area contributed by atoms with E-state index in [-0.39, 0.29) is 0 Å². The first-order valence-corrected chi connectivity index (χ1v) is 7.38. The maximum atomic E-state index is 10.8. The molecule has 0 aromatic heterocycles. The molecule has 3 N–H and O–H groups in total. The zero-order valence-corrected chi connectivity index (χ0v) is 10.8. The molecule has 0 aromatic rings. The molecule has 6 fully saturated rings. The Kier molecular flexibility index (Phi) is 1.41. The molecule has 4 nitrogen and oxygen atoms in total. The molecule has 6 aliphatic rings. The summed E-state index contributed by atoms with van der Waals surface area (Å²) in [5.41, 5.74) is 8.86. The van der Waals surface area contributed by atoms with E-state index >= 15 is 0 Å². The number of rotatable bonds is 1. The van der Waals surface area contributed by atoms with Crippen LogP contribution in [0.4, 0.5) is 4.79 Å². The predicted octanol–water partition coefficient (Wildman–Crippen LogP) is 1.16. The van der Waals surface area contributed by atoms with Crippen LogP contribution in [0.15, 0.2) is 5.10 Å². The maximum absolute atomic E-state index is 10.8. The number of primary amides is 1. The summed E-state index contributed by atoms with van der Waals surface area (Å²) in [6.07, 6.45) is 1.41. The number of halogens is 1. The van der Waals surface area contributed by atoms with Gasteiger partial charge in [-0.15, -0.1) is 0 Å². The Morgan fingerprint density at radius 2 is 2.00 bits per heavy atom. The van der Waals surface area contributed by atoms with Crippen LogP contribution in [-0.2, 0) is 0 Å². The largest absolute Gasteiger partial charge is 0.350 e. The molecule has 5 heteroatoms. The zero-order valence-electron chi connectivity index (χ0n) is 9.21. The van der Waals surface area contributed by atoms with Gasteiger partial charge in [-0.1, -0.05) is 15.9 Å². The number of carbonyl (C=O) groups excluding carboxylic acids is 1. The predicted molar refractivity (Wildman–Crippen MR) is 65.4 cm³/mol. The molecule has 6 saturated carbocycles. The van der Waals surface area contributed by atoms with Crippen molar-refractivity contribution in [2.24, 2.45) is 58.2 Å². The van der Waals surface area contributed by atoms with Crippen LogP contribution in [0.5, 0.6) is 0 Å². The van der Waals surface area contributed by atoms with Gasteiger partial charge in [-0.2, -0.15) is 5.10 Å². The van der Waals surface area contributed by atoms with Crippen molar-refractivity contribution in [3.8, 4) is 0 Å². The molecule has 90 valence electrons. The fourth-order valence-corrected chi connectivity index (χ4v) is 7.92. The molecule has 0 aromatic carbocycles. The highest BCUT2D eigenvalue weighted by Crippen LogP contribution is 2.82. The molecule has 0 unspecified atom stereocenters. The highest BCUT2D eigenvalue weighted by molar-refractivity contribution is 9.09. The average Bonchev–Trinajstić information content (AvgIpc) is 2.97. The minimum absolute atomic E-state index is 0.536. The number of hydrazone groups is 1. The van der Waals surface area contributed by atoms with E-state index in [2.05, 4.69) is 26.5 Å². The van der Waals surface area contributed by atoms with Gasteiger partial charge in [0.15, 0.2) is 0 Å². The lowest BCUT2D eigenvalue weighted by molar-refractivity contribution is 0.132. The van der Waals surface area contributed by atoms with Crippen LogP contribution in [0, 0.1) is 47.3 Å². The molecule has 6 aliphatic carbocycles. The van der Waals surface area contributed by atoms with Crippen molar-refractivity contribution in [2.75, 3.05) is 0 Å². The van der Waals surface area contributed by atoms with Crippen LogP contribution in [0.2, 0.25) is 0 Å². The molecule has 2 amide bonds. The Labute approximate surface area is 108 Å². The smallest absolute Gasteiger partial charge is 0.332 e. The molecule has 6 rings (SSSR count). The summed E-state index contributed by atoms with van der Waals surface area (Å²) in [7, 11) is 0. The number of amides is 2. The highest BCUT2D eigenvalue weighted by atomic mass is 79.9. The second-order valence-electron chi connectivity index (χ2n) is 6.38. The summed E-state index contributed by atoms with van der Waals surface area (Å²) in [6, 6.07) is -0.536. The highest BCUT2D eigenvalue weighted by Gasteiger charge is 2.82. The number of urea groups is 1. The zero-order chi connectivity index (χ0) is 11.5. The molecule has 9 atom stereocenters. The Hall–Kier alpha value is -0.580. The van der Waals surface area contributed by atoms with Crippen LogP contribution in [0.1, 0.15) is 6.42 Å². The minimum Gasteiger partial charge on any atom is -0.350 e. The SMILES string of the molecule is NC(=O)N/N=C1\[C@H]2[C@H]3[C@H]4C[C@H]5[C@H]3[C@H](Br)[C@@H]2[C@@H]5[C@@H]14. The maximum Gasteiger partial charge on any atom is 0.332 e. The van der Waals surface area contributed by atoms with Crippen molar-refractivity contribution in [1.82, 2.24) is 5.43 Å². The number of nitrogens with one attached hydrogen (secondary N) is 1. The number of carbonyl (C=O) groups is 1. The van der Waals surface area contributed by atoms with Crippen LogP contribution in [-0.4, -0.2) is 16.6 Å². The van der Waals surface area contributed by atoms with Gasteiger partial charge >= 0.3 is 6.03 Å². The Bertz CT molecular complexity index is 476.